The highest BCUT2D eigenvalue weighted by molar-refractivity contribution is 7.93. The zero-order chi connectivity index (χ0) is 81.9. The number of carboxylic acid groups (broad SMARTS) is 1. The molecule has 8 N–H and O–H groups in total. The molecule has 0 aliphatic heterocycles. The average molecular weight is 1690 g/mol. The molecule has 1 amide bonds. The van der Waals surface area contributed by atoms with Gasteiger partial charge in [-0.05, 0) is 184 Å². The van der Waals surface area contributed by atoms with Crippen molar-refractivity contribution in [3.8, 4) is 0 Å². The summed E-state index contributed by atoms with van der Waals surface area (Å²) in [5.41, 5.74) is 9.95. The Bertz CT molecular complexity index is 5660. The number of halogens is 4. The number of aryl methyl sites for hydroxylation is 4. The van der Waals surface area contributed by atoms with E-state index in [9.17, 15) is 72.3 Å². The molecule has 0 fully saturated rings. The number of aliphatic carboxylic acids is 1. The number of carbonyl (C=O) groups is 4. The number of hydrogen-bond acceptors (Lipinski definition) is 22. The van der Waals surface area contributed by atoms with E-state index < -0.39 is 81.2 Å². The number of fused-ring (bicyclic) bond motifs is 4. The minimum Gasteiger partial charge on any atom is -0.481 e. The number of thiazole rings is 4. The third-order valence-corrected chi connectivity index (χ3v) is 29.6. The van der Waals surface area contributed by atoms with Crippen molar-refractivity contribution < 1.29 is 81.8 Å². The molecular weight excluding hydrogens is 1610 g/mol. The maximum absolute atomic E-state index is 14.3. The molecule has 4 aliphatic carbocycles. The van der Waals surface area contributed by atoms with Gasteiger partial charge in [0.15, 0.2) is 20.5 Å². The number of ether oxygens (including phenoxy) is 2. The molecule has 4 aliphatic rings. The van der Waals surface area contributed by atoms with Crippen LogP contribution in [0.4, 0.5) is 38.1 Å². The molecule has 15 rings (SSSR count). The van der Waals surface area contributed by atoms with Crippen molar-refractivity contribution in [3.63, 3.8) is 0 Å². The fraction of sp³-hybridized carbons (Fsp3) is 0.275. The minimum atomic E-state index is -3.80. The van der Waals surface area contributed by atoms with Crippen LogP contribution in [0.1, 0.15) is 112 Å². The Kier molecular flexibility index (Phi) is 24.5. The lowest BCUT2D eigenvalue weighted by Crippen LogP contribution is -2.47. The molecule has 4 atom stereocenters. The predicted molar refractivity (Wildman–Crippen MR) is 426 cm³/mol. The van der Waals surface area contributed by atoms with E-state index in [0.29, 0.717) is 122 Å². The first kappa shape index (κ1) is 83.1. The number of anilines is 4. The van der Waals surface area contributed by atoms with Crippen LogP contribution in [-0.4, -0.2) is 93.5 Å². The van der Waals surface area contributed by atoms with E-state index in [1.807, 2.05) is 6.07 Å². The predicted octanol–water partition coefficient (Wildman–Crippen LogP) is 14.0. The number of carboxylic acids is 1. The number of hydrogen-bond donors (Lipinski definition) is 7. The van der Waals surface area contributed by atoms with Crippen LogP contribution in [0.5, 0.6) is 0 Å². The molecule has 114 heavy (non-hydrogen) atoms. The second kappa shape index (κ2) is 33.6. The van der Waals surface area contributed by atoms with E-state index in [1.54, 1.807) is 118 Å². The van der Waals surface area contributed by atoms with Gasteiger partial charge in [0, 0.05) is 45.2 Å². The molecule has 23 nitrogen and oxygen atoms in total. The Hall–Kier alpha value is -10.3. The van der Waals surface area contributed by atoms with E-state index in [0.717, 1.165) is 43.8 Å². The Balaban J connectivity index is 0.000000142. The molecule has 11 aromatic rings. The molecule has 4 unspecified atom stereocenters. The van der Waals surface area contributed by atoms with Crippen LogP contribution in [0.25, 0.3) is 0 Å². The van der Waals surface area contributed by atoms with E-state index in [4.69, 9.17) is 15.2 Å². The summed E-state index contributed by atoms with van der Waals surface area (Å²) in [6.45, 7) is 6.53. The van der Waals surface area contributed by atoms with Crippen LogP contribution in [0, 0.1) is 51.0 Å². The maximum Gasteiger partial charge on any atom is 0.316 e. The van der Waals surface area contributed by atoms with Crippen molar-refractivity contribution in [3.05, 3.63) is 274 Å². The monoisotopic (exact) mass is 1690 g/mol. The highest BCUT2D eigenvalue weighted by Gasteiger charge is 2.50. The van der Waals surface area contributed by atoms with Crippen molar-refractivity contribution in [1.29, 1.82) is 0 Å². The SMILES string of the molecule is COC(=O)C1(c2cccc(F)c2C)CCc2nc(N)sc2C1.COC(=O)C1(c2cccc(F)c2C)CCc2nc(NS(=O)(=O)c3ccccc3)sc2C1.Cc1c(F)cccc1C1(C(=O)NO)CCc2nc(NS(=O)(=O)c3ccccc3)sc2C1.Cc1c(F)cccc1C1(C(=O)O)CCc2nc(NS(=O)(=O)c3ccccc3)sc2C1. The lowest BCUT2D eigenvalue weighted by molar-refractivity contribution is -0.149. The van der Waals surface area contributed by atoms with E-state index in [2.05, 4.69) is 34.1 Å². The first-order chi connectivity index (χ1) is 54.2. The summed E-state index contributed by atoms with van der Waals surface area (Å²) in [5, 5.41) is 20.6. The van der Waals surface area contributed by atoms with E-state index in [1.165, 1.54) is 110 Å². The highest BCUT2D eigenvalue weighted by atomic mass is 32.2. The van der Waals surface area contributed by atoms with Gasteiger partial charge in [0.05, 0.1) is 73.3 Å². The molecule has 0 saturated heterocycles. The number of sulfonamides is 3. The highest BCUT2D eigenvalue weighted by Crippen LogP contribution is 2.49. The molecule has 4 aromatic heterocycles. The molecule has 0 bridgehead atoms. The van der Waals surface area contributed by atoms with Crippen LogP contribution >= 0.6 is 45.3 Å². The van der Waals surface area contributed by atoms with Crippen LogP contribution < -0.4 is 25.4 Å². The molecule has 0 saturated carbocycles. The van der Waals surface area contributed by atoms with Crippen molar-refractivity contribution in [2.45, 2.75) is 141 Å². The van der Waals surface area contributed by atoms with Gasteiger partial charge in [0.1, 0.15) is 23.3 Å². The Morgan fingerprint density at radius 2 is 0.675 bits per heavy atom. The number of nitrogens with zero attached hydrogens (tertiary/aromatic N) is 4. The number of nitrogens with two attached hydrogens (primary N) is 1. The summed E-state index contributed by atoms with van der Waals surface area (Å²) < 4.78 is 150. The van der Waals surface area contributed by atoms with Gasteiger partial charge < -0.3 is 20.3 Å². The first-order valence-electron chi connectivity index (χ1n) is 35.5. The molecule has 7 aromatic carbocycles. The lowest BCUT2D eigenvalue weighted by Gasteiger charge is -2.36. The Morgan fingerprint density at radius 3 is 0.991 bits per heavy atom. The van der Waals surface area contributed by atoms with Gasteiger partial charge in [-0.25, -0.2) is 68.2 Å². The number of benzene rings is 7. The van der Waals surface area contributed by atoms with Crippen LogP contribution in [0.2, 0.25) is 0 Å². The van der Waals surface area contributed by atoms with Crippen molar-refractivity contribution in [2.24, 2.45) is 0 Å². The van der Waals surface area contributed by atoms with E-state index >= 15 is 0 Å². The summed E-state index contributed by atoms with van der Waals surface area (Å²) in [5.74, 6) is -4.00. The van der Waals surface area contributed by atoms with E-state index in [-0.39, 0.29) is 73.4 Å². The number of aromatic nitrogens is 4. The smallest absolute Gasteiger partial charge is 0.316 e. The quantitative estimate of drug-likeness (QED) is 0.0193. The van der Waals surface area contributed by atoms with Gasteiger partial charge in [-0.15, -0.1) is 45.3 Å². The largest absolute Gasteiger partial charge is 0.481 e. The van der Waals surface area contributed by atoms with Crippen molar-refractivity contribution in [1.82, 2.24) is 25.4 Å². The number of rotatable bonds is 17. The van der Waals surface area contributed by atoms with Crippen LogP contribution in [-0.2, 0) is 132 Å². The second-order valence-corrected chi connectivity index (χ2v) is 37.2. The summed E-state index contributed by atoms with van der Waals surface area (Å²) in [6, 6.07) is 42.5. The normalized spacial score (nSPS) is 18.8. The van der Waals surface area contributed by atoms with Gasteiger partial charge in [0.2, 0.25) is 0 Å². The zero-order valence-corrected chi connectivity index (χ0v) is 67.8. The number of carbonyl (C=O) groups excluding carboxylic acids is 3. The standard InChI is InChI=1S/C22H21FN2O4S2.C21H20FN3O4S2.C21H19FN2O4S2.C16H17FN2O2S/c1-14-16(9-6-10-17(14)23)22(20(26)29-2)12-11-18-19(13-22)30-21(24-18)25-31(27,28)15-7-4-3-5-8-15;1-13-15(8-5-9-16(13)22)21(19(26)24-27)11-10-17-18(12-21)30-20(23-17)25-31(28,29)14-6-3-2-4-7-14;1-13-15(8-5-9-16(13)22)21(19(25)26)11-10-17-18(12-21)29-20(23-17)24-30(27,28)14-6-3-2-4-7-14;1-9-10(4-3-5-11(9)17)16(14(20)21-2)7-6-12-13(8-16)22-15(18)19-12/h3-10H,11-13H2,1-2H3,(H,24,25);2-9,27H,10-12H2,1H3,(H,23,25)(H,24,26);2-9H,10-12H2,1H3,(H,23,24)(H,25,26);3-5H,6-8H2,1-2H3,(H2,18,19). The third-order valence-electron chi connectivity index (χ3n) is 21.2. The summed E-state index contributed by atoms with van der Waals surface area (Å²) in [7, 11) is -8.67. The molecular formula is C80H77F4N9O14S7. The van der Waals surface area contributed by atoms with Gasteiger partial charge in [-0.1, -0.05) is 103 Å². The first-order valence-corrected chi connectivity index (χ1v) is 43.3. The molecule has 596 valence electrons. The topological polar surface area (TPSA) is 355 Å². The van der Waals surface area contributed by atoms with Crippen molar-refractivity contribution in [2.75, 3.05) is 34.1 Å². The molecule has 0 spiro atoms. The fourth-order valence-corrected chi connectivity index (χ4v) is 23.3. The molecule has 0 radical (unpaired) electrons. The number of esters is 2. The zero-order valence-electron chi connectivity index (χ0n) is 62.1. The number of nitrogen functional groups attached to an aromatic ring is 1. The van der Waals surface area contributed by atoms with Gasteiger partial charge in [0.25, 0.3) is 36.0 Å². The number of hydroxylamine groups is 1. The van der Waals surface area contributed by atoms with Gasteiger partial charge >= 0.3 is 17.9 Å². The van der Waals surface area contributed by atoms with Crippen molar-refractivity contribution >= 4 is 120 Å². The fourth-order valence-electron chi connectivity index (χ4n) is 15.2. The van der Waals surface area contributed by atoms with Gasteiger partial charge in [-0.3, -0.25) is 38.6 Å². The minimum absolute atomic E-state index is 0.118. The number of nitrogens with one attached hydrogen (secondary N) is 4. The second-order valence-electron chi connectivity index (χ2n) is 27.8. The van der Waals surface area contributed by atoms with Crippen LogP contribution in [0.3, 0.4) is 0 Å². The third kappa shape index (κ3) is 16.7. The average Bonchev–Trinajstić information content (AvgIpc) is 1.29. The summed E-state index contributed by atoms with van der Waals surface area (Å²) in [4.78, 5) is 71.7. The maximum atomic E-state index is 14.3. The lowest BCUT2D eigenvalue weighted by atomic mass is 9.68. The Morgan fingerprint density at radius 1 is 0.404 bits per heavy atom. The van der Waals surface area contributed by atoms with Crippen LogP contribution in [0.15, 0.2) is 178 Å². The molecule has 34 heteroatoms. The molecule has 4 heterocycles. The Labute approximate surface area is 671 Å². The summed E-state index contributed by atoms with van der Waals surface area (Å²) in [6.07, 6.45) is 4.33. The number of methoxy groups -OCH3 is 2. The summed E-state index contributed by atoms with van der Waals surface area (Å²) >= 11 is 4.84. The number of amides is 1. The van der Waals surface area contributed by atoms with Gasteiger partial charge in [-0.2, -0.15) is 0 Å².